The average molecular weight is 384 g/mol. The van der Waals surface area contributed by atoms with E-state index in [-0.39, 0.29) is 34.6 Å². The molecule has 1 aliphatic rings. The van der Waals surface area contributed by atoms with Gasteiger partial charge in [0, 0.05) is 13.5 Å². The van der Waals surface area contributed by atoms with Crippen molar-refractivity contribution in [2.45, 2.75) is 25.4 Å². The highest BCUT2D eigenvalue weighted by molar-refractivity contribution is 7.91. The van der Waals surface area contributed by atoms with E-state index in [1.165, 1.54) is 7.05 Å². The molecule has 4 nitrogen and oxygen atoms in total. The fourth-order valence-electron chi connectivity index (χ4n) is 2.68. The summed E-state index contributed by atoms with van der Waals surface area (Å²) in [5.74, 6) is -0.292. The van der Waals surface area contributed by atoms with E-state index >= 15 is 0 Å². The molecule has 1 saturated heterocycles. The van der Waals surface area contributed by atoms with Crippen LogP contribution in [-0.2, 0) is 20.8 Å². The summed E-state index contributed by atoms with van der Waals surface area (Å²) in [6.07, 6.45) is -3.56. The minimum atomic E-state index is -4.53. The molecular weight excluding hydrogens is 367 g/mol. The summed E-state index contributed by atoms with van der Waals surface area (Å²) >= 11 is 5.91. The second-order valence-corrected chi connectivity index (χ2v) is 8.56. The average Bonchev–Trinajstić information content (AvgIpc) is 2.82. The molecule has 0 aliphatic carbocycles. The second kappa shape index (κ2) is 6.92. The number of hydrogen-bond donors (Lipinski definition) is 0. The number of anilines is 1. The molecular formula is C15H17ClF3NO3S. The summed E-state index contributed by atoms with van der Waals surface area (Å²) in [6, 6.07) is 2.79. The quantitative estimate of drug-likeness (QED) is 0.799. The zero-order chi connectivity index (χ0) is 18.1. The highest BCUT2D eigenvalue weighted by atomic mass is 35.5. The van der Waals surface area contributed by atoms with E-state index in [2.05, 4.69) is 0 Å². The highest BCUT2D eigenvalue weighted by Crippen LogP contribution is 2.35. The van der Waals surface area contributed by atoms with Crippen molar-refractivity contribution in [3.05, 3.63) is 28.8 Å². The summed E-state index contributed by atoms with van der Waals surface area (Å²) in [7, 11) is -1.66. The Kier molecular flexibility index (Phi) is 5.49. The maximum absolute atomic E-state index is 12.8. The van der Waals surface area contributed by atoms with Gasteiger partial charge in [-0.05, 0) is 37.0 Å². The Morgan fingerprint density at radius 3 is 2.58 bits per heavy atom. The van der Waals surface area contributed by atoms with Crippen LogP contribution in [0.3, 0.4) is 0 Å². The summed E-state index contributed by atoms with van der Waals surface area (Å²) < 4.78 is 61.2. The topological polar surface area (TPSA) is 54.5 Å². The number of rotatable bonds is 4. The van der Waals surface area contributed by atoms with Crippen LogP contribution in [0.25, 0.3) is 0 Å². The maximum atomic E-state index is 12.8. The summed E-state index contributed by atoms with van der Waals surface area (Å²) in [5.41, 5.74) is -0.904. The predicted molar refractivity (Wildman–Crippen MR) is 85.9 cm³/mol. The minimum Gasteiger partial charge on any atom is -0.314 e. The number of sulfone groups is 1. The summed E-state index contributed by atoms with van der Waals surface area (Å²) in [6.45, 7) is 0. The van der Waals surface area contributed by atoms with Crippen LogP contribution in [0.15, 0.2) is 18.2 Å². The van der Waals surface area contributed by atoms with Crippen LogP contribution in [0.2, 0.25) is 5.02 Å². The Morgan fingerprint density at radius 2 is 2.04 bits per heavy atom. The molecule has 1 amide bonds. The molecule has 0 aromatic heterocycles. The highest BCUT2D eigenvalue weighted by Gasteiger charge is 2.32. The van der Waals surface area contributed by atoms with Gasteiger partial charge in [-0.2, -0.15) is 13.2 Å². The largest absolute Gasteiger partial charge is 0.416 e. The van der Waals surface area contributed by atoms with Crippen molar-refractivity contribution in [2.75, 3.05) is 23.5 Å². The van der Waals surface area contributed by atoms with Crippen molar-refractivity contribution >= 4 is 33.0 Å². The molecule has 1 aromatic rings. The van der Waals surface area contributed by atoms with Crippen molar-refractivity contribution in [3.63, 3.8) is 0 Å². The number of alkyl halides is 3. The van der Waals surface area contributed by atoms with E-state index in [1.807, 2.05) is 0 Å². The van der Waals surface area contributed by atoms with Gasteiger partial charge < -0.3 is 4.90 Å². The molecule has 24 heavy (non-hydrogen) atoms. The van der Waals surface area contributed by atoms with Gasteiger partial charge >= 0.3 is 6.18 Å². The van der Waals surface area contributed by atoms with Crippen LogP contribution < -0.4 is 4.90 Å². The third-order valence-corrected chi connectivity index (χ3v) is 6.26. The van der Waals surface area contributed by atoms with Gasteiger partial charge in [-0.1, -0.05) is 11.6 Å². The van der Waals surface area contributed by atoms with Crippen LogP contribution in [0.5, 0.6) is 0 Å². The van der Waals surface area contributed by atoms with Gasteiger partial charge in [0.2, 0.25) is 5.91 Å². The number of hydrogen-bond acceptors (Lipinski definition) is 3. The molecule has 2 rings (SSSR count). The van der Waals surface area contributed by atoms with Gasteiger partial charge in [0.15, 0.2) is 9.84 Å². The second-order valence-electron chi connectivity index (χ2n) is 5.92. The standard InChI is InChI=1S/C15H17ClF3NO3S/c1-20(13-8-11(15(17,18)19)3-4-12(13)16)14(21)5-2-10-6-7-24(22,23)9-10/h3-4,8,10H,2,5-7,9H2,1H3. The zero-order valence-corrected chi connectivity index (χ0v) is 14.5. The molecule has 0 bridgehead atoms. The minimum absolute atomic E-state index is 0.0180. The van der Waals surface area contributed by atoms with Crippen LogP contribution >= 0.6 is 11.6 Å². The molecule has 1 fully saturated rings. The SMILES string of the molecule is CN(C(=O)CCC1CCS(=O)(=O)C1)c1cc(C(F)(F)F)ccc1Cl. The molecule has 0 radical (unpaired) electrons. The molecule has 1 unspecified atom stereocenters. The third-order valence-electron chi connectivity index (χ3n) is 4.10. The lowest BCUT2D eigenvalue weighted by Gasteiger charge is -2.21. The van der Waals surface area contributed by atoms with Crippen molar-refractivity contribution in [1.82, 2.24) is 0 Å². The Hall–Kier alpha value is -1.28. The van der Waals surface area contributed by atoms with Gasteiger partial charge in [0.25, 0.3) is 0 Å². The first-order chi connectivity index (χ1) is 11.0. The van der Waals surface area contributed by atoms with Crippen LogP contribution in [0.1, 0.15) is 24.8 Å². The Balaban J connectivity index is 2.05. The molecule has 1 aliphatic heterocycles. The lowest BCUT2D eigenvalue weighted by molar-refractivity contribution is -0.137. The predicted octanol–water partition coefficient (Wildman–Crippen LogP) is 3.54. The number of carbonyl (C=O) groups excluding carboxylic acids is 1. The van der Waals surface area contributed by atoms with Crippen molar-refractivity contribution in [3.8, 4) is 0 Å². The Morgan fingerprint density at radius 1 is 1.38 bits per heavy atom. The van der Waals surface area contributed by atoms with Gasteiger partial charge in [0.1, 0.15) is 0 Å². The number of halogens is 4. The van der Waals surface area contributed by atoms with E-state index in [9.17, 15) is 26.4 Å². The van der Waals surface area contributed by atoms with E-state index in [0.717, 1.165) is 23.1 Å². The smallest absolute Gasteiger partial charge is 0.314 e. The zero-order valence-electron chi connectivity index (χ0n) is 12.9. The van der Waals surface area contributed by atoms with Crippen molar-refractivity contribution in [1.29, 1.82) is 0 Å². The fraction of sp³-hybridized carbons (Fsp3) is 0.533. The molecule has 9 heteroatoms. The van der Waals surface area contributed by atoms with Gasteiger partial charge in [-0.3, -0.25) is 4.79 Å². The fourth-order valence-corrected chi connectivity index (χ4v) is 4.83. The van der Waals surface area contributed by atoms with Gasteiger partial charge in [-0.15, -0.1) is 0 Å². The maximum Gasteiger partial charge on any atom is 0.416 e. The van der Waals surface area contributed by atoms with E-state index < -0.39 is 27.5 Å². The first-order valence-corrected chi connectivity index (χ1v) is 9.53. The first-order valence-electron chi connectivity index (χ1n) is 7.33. The van der Waals surface area contributed by atoms with E-state index in [1.54, 1.807) is 0 Å². The molecule has 0 spiro atoms. The van der Waals surface area contributed by atoms with Crippen LogP contribution in [0, 0.1) is 5.92 Å². The number of carbonyl (C=O) groups is 1. The number of benzene rings is 1. The van der Waals surface area contributed by atoms with E-state index in [4.69, 9.17) is 11.6 Å². The summed E-state index contributed by atoms with van der Waals surface area (Å²) in [5, 5.41) is 0.0438. The lowest BCUT2D eigenvalue weighted by Crippen LogP contribution is -2.27. The normalized spacial score (nSPS) is 20.1. The summed E-state index contributed by atoms with van der Waals surface area (Å²) in [4.78, 5) is 13.3. The molecule has 134 valence electrons. The Labute approximate surface area is 143 Å². The van der Waals surface area contributed by atoms with Crippen molar-refractivity contribution in [2.24, 2.45) is 5.92 Å². The molecule has 1 atom stereocenters. The van der Waals surface area contributed by atoms with Crippen molar-refractivity contribution < 1.29 is 26.4 Å². The number of nitrogens with zero attached hydrogens (tertiary/aromatic N) is 1. The number of amides is 1. The third kappa shape index (κ3) is 4.63. The van der Waals surface area contributed by atoms with Crippen LogP contribution in [-0.4, -0.2) is 32.9 Å². The molecule has 1 heterocycles. The first kappa shape index (κ1) is 19.1. The molecule has 1 aromatic carbocycles. The van der Waals surface area contributed by atoms with Crippen LogP contribution in [0.4, 0.5) is 18.9 Å². The molecule has 0 N–H and O–H groups in total. The lowest BCUT2D eigenvalue weighted by atomic mass is 10.0. The van der Waals surface area contributed by atoms with Gasteiger partial charge in [0.05, 0.1) is 27.8 Å². The monoisotopic (exact) mass is 383 g/mol. The van der Waals surface area contributed by atoms with Gasteiger partial charge in [-0.25, -0.2) is 8.42 Å². The van der Waals surface area contributed by atoms with E-state index in [0.29, 0.717) is 12.8 Å². The Bertz CT molecular complexity index is 734. The molecule has 0 saturated carbocycles.